The van der Waals surface area contributed by atoms with E-state index in [2.05, 4.69) is 25.2 Å². The lowest BCUT2D eigenvalue weighted by Gasteiger charge is -2.33. The second-order valence-corrected chi connectivity index (χ2v) is 15.7. The van der Waals surface area contributed by atoms with Crippen LogP contribution in [0, 0.1) is 18.9 Å². The van der Waals surface area contributed by atoms with E-state index in [9.17, 15) is 31.6 Å². The van der Waals surface area contributed by atoms with E-state index < -0.39 is 43.9 Å². The number of amides is 3. The Hall–Kier alpha value is -5.03. The number of nitrogens with one attached hydrogen (secondary N) is 2. The fourth-order valence-corrected chi connectivity index (χ4v) is 7.66. The lowest BCUT2D eigenvalue weighted by molar-refractivity contribution is -0.822. The van der Waals surface area contributed by atoms with E-state index in [1.807, 2.05) is 7.05 Å². The van der Waals surface area contributed by atoms with Crippen molar-refractivity contribution >= 4 is 62.4 Å². The van der Waals surface area contributed by atoms with Crippen molar-refractivity contribution in [2.75, 3.05) is 64.0 Å². The summed E-state index contributed by atoms with van der Waals surface area (Å²) >= 11 is 6.11. The zero-order chi connectivity index (χ0) is 37.7. The predicted molar refractivity (Wildman–Crippen MR) is 191 cm³/mol. The Labute approximate surface area is 304 Å². The molecule has 0 saturated carbocycles. The van der Waals surface area contributed by atoms with E-state index in [4.69, 9.17) is 11.6 Å². The van der Waals surface area contributed by atoms with Crippen LogP contribution in [0.3, 0.4) is 0 Å². The summed E-state index contributed by atoms with van der Waals surface area (Å²) in [5.74, 6) is -2.85. The van der Waals surface area contributed by atoms with Crippen LogP contribution in [0.25, 0.3) is 11.6 Å². The highest BCUT2D eigenvalue weighted by Crippen LogP contribution is 2.37. The molecule has 1 saturated heterocycles. The lowest BCUT2D eigenvalue weighted by Crippen LogP contribution is -2.48. The number of sulfonamides is 1. The molecule has 1 fully saturated rings. The maximum Gasteiger partial charge on any atom is 0.352 e. The van der Waals surface area contributed by atoms with Gasteiger partial charge in [-0.15, -0.1) is 0 Å². The topological polar surface area (TPSA) is 149 Å². The average molecular weight is 754 g/mol. The number of H-pyrrole nitrogens is 1. The summed E-state index contributed by atoms with van der Waals surface area (Å²) < 4.78 is 56.0. The van der Waals surface area contributed by atoms with Crippen LogP contribution in [0.5, 0.6) is 0 Å². The van der Waals surface area contributed by atoms with E-state index in [-0.39, 0.29) is 28.5 Å². The van der Waals surface area contributed by atoms with Crippen molar-refractivity contribution in [2.24, 2.45) is 0 Å². The van der Waals surface area contributed by atoms with Gasteiger partial charge in [0.1, 0.15) is 6.54 Å². The van der Waals surface area contributed by atoms with E-state index in [1.165, 1.54) is 51.5 Å². The maximum atomic E-state index is 14.6. The van der Waals surface area contributed by atoms with Crippen molar-refractivity contribution in [3.05, 3.63) is 99.4 Å². The fourth-order valence-electron chi connectivity index (χ4n) is 6.26. The third-order valence-corrected chi connectivity index (χ3v) is 11.3. The number of halogens is 3. The number of aromatic amines is 1. The van der Waals surface area contributed by atoms with E-state index >= 15 is 0 Å². The Balaban J connectivity index is 1.41. The van der Waals surface area contributed by atoms with Gasteiger partial charge in [-0.25, -0.2) is 18.2 Å². The number of hydrogen-bond acceptors (Lipinski definition) is 8. The van der Waals surface area contributed by atoms with Gasteiger partial charge in [0.2, 0.25) is 5.95 Å². The van der Waals surface area contributed by atoms with Crippen LogP contribution in [-0.2, 0) is 21.4 Å². The Kier molecular flexibility index (Phi) is 9.78. The molecule has 272 valence electrons. The van der Waals surface area contributed by atoms with Crippen LogP contribution in [0.1, 0.15) is 43.2 Å². The van der Waals surface area contributed by atoms with Crippen molar-refractivity contribution in [3.63, 3.8) is 0 Å². The molecule has 0 radical (unpaired) electrons. The summed E-state index contributed by atoms with van der Waals surface area (Å²) in [4.78, 5) is 54.4. The van der Waals surface area contributed by atoms with Crippen molar-refractivity contribution in [1.82, 2.24) is 24.8 Å². The van der Waals surface area contributed by atoms with Crippen molar-refractivity contribution in [2.45, 2.75) is 18.4 Å². The molecule has 2 N–H and O–H groups in total. The number of benzene rings is 2. The van der Waals surface area contributed by atoms with Gasteiger partial charge >= 0.3 is 12.0 Å². The minimum atomic E-state index is -4.08. The molecule has 0 atom stereocenters. The zero-order valence-electron chi connectivity index (χ0n) is 29.0. The summed E-state index contributed by atoms with van der Waals surface area (Å²) in [5, 5.41) is 3.13. The van der Waals surface area contributed by atoms with Gasteiger partial charge in [-0.2, -0.15) is 13.8 Å². The number of piperazine rings is 1. The van der Waals surface area contributed by atoms with Gasteiger partial charge < -0.3 is 20.1 Å². The molecular formula is C35H36ClF2N8O5S+. The first kappa shape index (κ1) is 36.8. The first-order chi connectivity index (χ1) is 24.5. The van der Waals surface area contributed by atoms with Crippen molar-refractivity contribution in [3.8, 4) is 0 Å². The molecule has 4 aromatic rings. The van der Waals surface area contributed by atoms with Gasteiger partial charge in [0, 0.05) is 55.2 Å². The van der Waals surface area contributed by atoms with Crippen LogP contribution in [0.4, 0.5) is 20.2 Å². The van der Waals surface area contributed by atoms with E-state index in [0.29, 0.717) is 65.1 Å². The Morgan fingerprint density at radius 1 is 1.10 bits per heavy atom. The van der Waals surface area contributed by atoms with Crippen LogP contribution in [-0.4, -0.2) is 110 Å². The van der Waals surface area contributed by atoms with Gasteiger partial charge in [0.15, 0.2) is 5.56 Å². The molecule has 2 aromatic heterocycles. The first-order valence-corrected chi connectivity index (χ1v) is 18.0. The van der Waals surface area contributed by atoms with Crippen LogP contribution >= 0.6 is 11.6 Å². The second-order valence-electron chi connectivity index (χ2n) is 13.3. The molecule has 2 aliphatic rings. The van der Waals surface area contributed by atoms with Gasteiger partial charge in [0.05, 0.1) is 47.7 Å². The van der Waals surface area contributed by atoms with Gasteiger partial charge in [0.25, 0.3) is 21.8 Å². The summed E-state index contributed by atoms with van der Waals surface area (Å²) in [6.45, 7) is 3.80. The summed E-state index contributed by atoms with van der Waals surface area (Å²) in [7, 11) is 2.29. The number of carbonyl (C=O) groups is 3. The first-order valence-electron chi connectivity index (χ1n) is 16.1. The minimum absolute atomic E-state index is 0.0690. The third kappa shape index (κ3) is 6.93. The Morgan fingerprint density at radius 3 is 2.48 bits per heavy atom. The standard InChI is InChI=1S/C35H35ClF2N8O5S/c1-20-28(17-25-24-16-23(9-10-27(24)41-32(25)47)52(50,51)44(3)22-8-6-7-21(36)15-22)40-29(30(20)33(48)45-13-11-43(2)12-14-45)19-46(4,5)34(49)26-18-39-35(38)42-31(26)37/h6-10,15-18H,11-14,19H2,1-5H3,(H-,40,41,47,48)/p+1. The van der Waals surface area contributed by atoms with Crippen LogP contribution < -0.4 is 9.62 Å². The number of anilines is 2. The maximum absolute atomic E-state index is 14.6. The monoisotopic (exact) mass is 753 g/mol. The number of nitrogens with zero attached hydrogens (tertiary/aromatic N) is 6. The van der Waals surface area contributed by atoms with Crippen LogP contribution in [0.15, 0.2) is 53.6 Å². The molecule has 4 heterocycles. The van der Waals surface area contributed by atoms with Crippen molar-refractivity contribution < 1.29 is 36.1 Å². The van der Waals surface area contributed by atoms with Gasteiger partial charge in [-0.05, 0) is 62.0 Å². The molecule has 52 heavy (non-hydrogen) atoms. The molecule has 17 heteroatoms. The van der Waals surface area contributed by atoms with Crippen LogP contribution in [0.2, 0.25) is 5.02 Å². The molecule has 0 aliphatic carbocycles. The van der Waals surface area contributed by atoms with Gasteiger partial charge in [-0.1, -0.05) is 17.7 Å². The summed E-state index contributed by atoms with van der Waals surface area (Å²) in [6, 6.07) is 10.7. The number of aromatic nitrogens is 3. The molecule has 13 nitrogen and oxygen atoms in total. The smallest absolute Gasteiger partial charge is 0.352 e. The number of rotatable bonds is 8. The highest BCUT2D eigenvalue weighted by Gasteiger charge is 2.37. The number of likely N-dealkylation sites (N-methyl/N-ethyl adjacent to an activating group) is 1. The SMILES string of the molecule is Cc1c(C=C2C(=O)Nc3ccc(S(=O)(=O)N(C)c4cccc(Cl)c4)cc32)[nH]c(C[N+](C)(C)C(=O)c2cnc(F)nc2F)c1C(=O)N1CCN(C)CC1. The Morgan fingerprint density at radius 2 is 1.81 bits per heavy atom. The average Bonchev–Trinajstić information content (AvgIpc) is 3.57. The number of fused-ring (bicyclic) bond motifs is 1. The summed E-state index contributed by atoms with van der Waals surface area (Å²) in [5.41, 5.74) is 2.17. The molecule has 2 aliphatic heterocycles. The molecule has 0 unspecified atom stereocenters. The molecular weight excluding hydrogens is 718 g/mol. The Bertz CT molecular complexity index is 2270. The highest BCUT2D eigenvalue weighted by molar-refractivity contribution is 7.92. The number of carbonyl (C=O) groups excluding carboxylic acids is 3. The lowest BCUT2D eigenvalue weighted by atomic mass is 10.0. The van der Waals surface area contributed by atoms with Gasteiger partial charge in [-0.3, -0.25) is 18.4 Å². The number of quaternary nitrogens is 1. The molecule has 3 amide bonds. The second kappa shape index (κ2) is 13.8. The highest BCUT2D eigenvalue weighted by atomic mass is 35.5. The van der Waals surface area contributed by atoms with E-state index in [0.717, 1.165) is 10.5 Å². The third-order valence-electron chi connectivity index (χ3n) is 9.31. The molecule has 6 rings (SSSR count). The van der Waals surface area contributed by atoms with Crippen molar-refractivity contribution in [1.29, 1.82) is 0 Å². The molecule has 0 bridgehead atoms. The molecule has 2 aromatic carbocycles. The summed E-state index contributed by atoms with van der Waals surface area (Å²) in [6.07, 6.45) is 1.00. The zero-order valence-corrected chi connectivity index (χ0v) is 30.6. The number of hydrogen-bond donors (Lipinski definition) is 2. The predicted octanol–water partition coefficient (Wildman–Crippen LogP) is 4.17. The minimum Gasteiger partial charge on any atom is -0.353 e. The molecule has 0 spiro atoms. The largest absolute Gasteiger partial charge is 0.353 e. The fraction of sp³-hybridized carbons (Fsp3) is 0.286. The van der Waals surface area contributed by atoms with E-state index in [1.54, 1.807) is 30.0 Å². The normalized spacial score (nSPS) is 15.9. The quantitative estimate of drug-likeness (QED) is 0.118.